The fourth-order valence-electron chi connectivity index (χ4n) is 3.23. The summed E-state index contributed by atoms with van der Waals surface area (Å²) in [6.45, 7) is 5.29. The van der Waals surface area contributed by atoms with Gasteiger partial charge in [0.1, 0.15) is 0 Å². The zero-order chi connectivity index (χ0) is 15.9. The Morgan fingerprint density at radius 2 is 2.05 bits per heavy atom. The molecule has 0 radical (unpaired) electrons. The van der Waals surface area contributed by atoms with E-state index >= 15 is 0 Å². The molecule has 118 valence electrons. The van der Waals surface area contributed by atoms with E-state index in [4.69, 9.17) is 0 Å². The van der Waals surface area contributed by atoms with Crippen molar-refractivity contribution in [2.75, 3.05) is 13.1 Å². The number of benzene rings is 1. The quantitative estimate of drug-likeness (QED) is 0.866. The van der Waals surface area contributed by atoms with Crippen LogP contribution in [0.5, 0.6) is 0 Å². The highest BCUT2D eigenvalue weighted by Crippen LogP contribution is 2.45. The van der Waals surface area contributed by atoms with E-state index < -0.39 is 11.7 Å². The maximum absolute atomic E-state index is 12.7. The van der Waals surface area contributed by atoms with Gasteiger partial charge >= 0.3 is 6.18 Å². The lowest BCUT2D eigenvalue weighted by Gasteiger charge is -2.18. The van der Waals surface area contributed by atoms with Crippen LogP contribution in [-0.2, 0) is 17.5 Å². The first-order chi connectivity index (χ1) is 10.4. The third kappa shape index (κ3) is 2.88. The highest BCUT2D eigenvalue weighted by atomic mass is 19.4. The maximum atomic E-state index is 12.7. The molecule has 1 aromatic carbocycles. The molecule has 1 aromatic rings. The summed E-state index contributed by atoms with van der Waals surface area (Å²) >= 11 is 0. The van der Waals surface area contributed by atoms with Crippen LogP contribution < -0.4 is 5.32 Å². The normalized spacial score (nSPS) is 26.7. The second-order valence-corrected chi connectivity index (χ2v) is 5.88. The zero-order valence-corrected chi connectivity index (χ0v) is 11.9. The van der Waals surface area contributed by atoms with Gasteiger partial charge in [0.25, 0.3) is 0 Å². The van der Waals surface area contributed by atoms with E-state index in [9.17, 15) is 18.0 Å². The minimum Gasteiger partial charge on any atom is -0.338 e. The molecule has 0 bridgehead atoms. The van der Waals surface area contributed by atoms with Crippen molar-refractivity contribution in [2.45, 2.75) is 18.8 Å². The van der Waals surface area contributed by atoms with E-state index in [1.165, 1.54) is 18.2 Å². The number of amides is 1. The van der Waals surface area contributed by atoms with Gasteiger partial charge in [-0.25, -0.2) is 0 Å². The van der Waals surface area contributed by atoms with Crippen molar-refractivity contribution in [2.24, 2.45) is 11.8 Å². The molecule has 3 atom stereocenters. The number of likely N-dealkylation sites (tertiary alicyclic amines) is 1. The number of nitrogens with one attached hydrogen (secondary N) is 1. The Balaban J connectivity index is 1.52. The standard InChI is InChI=1S/C16H17F3N2O/c1-2-14(22)21-8-12-13(9-21)15(12)20-7-10-4-3-5-11(6-10)16(17,18)19/h2-6,12-13,15,20H,1,7-9H2/t12-,13?,15?/m1/s1. The predicted molar refractivity (Wildman–Crippen MR) is 75.8 cm³/mol. The highest BCUT2D eigenvalue weighted by molar-refractivity contribution is 5.87. The number of alkyl halides is 3. The number of rotatable bonds is 4. The van der Waals surface area contributed by atoms with E-state index in [-0.39, 0.29) is 5.91 Å². The van der Waals surface area contributed by atoms with Crippen LogP contribution in [0.2, 0.25) is 0 Å². The monoisotopic (exact) mass is 310 g/mol. The zero-order valence-electron chi connectivity index (χ0n) is 11.9. The molecular formula is C16H17F3N2O. The third-order valence-electron chi connectivity index (χ3n) is 4.48. The molecule has 1 saturated carbocycles. The molecule has 0 spiro atoms. The van der Waals surface area contributed by atoms with E-state index in [2.05, 4.69) is 11.9 Å². The van der Waals surface area contributed by atoms with Gasteiger partial charge in [0.05, 0.1) is 5.56 Å². The number of piperidine rings is 1. The summed E-state index contributed by atoms with van der Waals surface area (Å²) in [5.41, 5.74) is 0.00404. The van der Waals surface area contributed by atoms with E-state index in [1.807, 2.05) is 0 Å². The van der Waals surface area contributed by atoms with Gasteiger partial charge in [0.2, 0.25) is 5.91 Å². The van der Waals surface area contributed by atoms with Crippen LogP contribution in [0.3, 0.4) is 0 Å². The summed E-state index contributed by atoms with van der Waals surface area (Å²) in [5, 5.41) is 3.30. The van der Waals surface area contributed by atoms with Gasteiger partial charge in [-0.2, -0.15) is 13.2 Å². The summed E-state index contributed by atoms with van der Waals surface area (Å²) in [6.07, 6.45) is -2.99. The second-order valence-electron chi connectivity index (χ2n) is 5.88. The molecule has 6 heteroatoms. The molecule has 1 aliphatic heterocycles. The van der Waals surface area contributed by atoms with Gasteiger partial charge in [0, 0.05) is 25.7 Å². The summed E-state index contributed by atoms with van der Waals surface area (Å²) < 4.78 is 38.0. The summed E-state index contributed by atoms with van der Waals surface area (Å²) in [5.74, 6) is 0.772. The number of nitrogens with zero attached hydrogens (tertiary/aromatic N) is 1. The molecule has 22 heavy (non-hydrogen) atoms. The maximum Gasteiger partial charge on any atom is 0.416 e. The minimum absolute atomic E-state index is 0.0520. The van der Waals surface area contributed by atoms with E-state index in [0.717, 1.165) is 6.07 Å². The van der Waals surface area contributed by atoms with Crippen LogP contribution in [0.4, 0.5) is 13.2 Å². The molecule has 3 nitrogen and oxygen atoms in total. The minimum atomic E-state index is -4.31. The number of carbonyl (C=O) groups is 1. The van der Waals surface area contributed by atoms with Crippen LogP contribution in [0.15, 0.2) is 36.9 Å². The summed E-state index contributed by atoms with van der Waals surface area (Å²) in [7, 11) is 0. The van der Waals surface area contributed by atoms with E-state index in [0.29, 0.717) is 43.1 Å². The topological polar surface area (TPSA) is 32.3 Å². The molecule has 1 amide bonds. The van der Waals surface area contributed by atoms with Crippen molar-refractivity contribution in [1.29, 1.82) is 0 Å². The van der Waals surface area contributed by atoms with E-state index in [1.54, 1.807) is 11.0 Å². The fraction of sp³-hybridized carbons (Fsp3) is 0.438. The van der Waals surface area contributed by atoms with Gasteiger partial charge < -0.3 is 10.2 Å². The Kier molecular flexibility index (Phi) is 3.72. The van der Waals surface area contributed by atoms with Crippen LogP contribution in [0.1, 0.15) is 11.1 Å². The number of hydrogen-bond acceptors (Lipinski definition) is 2. The number of hydrogen-bond donors (Lipinski definition) is 1. The molecule has 1 N–H and O–H groups in total. The van der Waals surface area contributed by atoms with Crippen molar-refractivity contribution in [1.82, 2.24) is 10.2 Å². The average molecular weight is 310 g/mol. The number of halogens is 3. The Morgan fingerprint density at radius 3 is 2.64 bits per heavy atom. The Bertz CT molecular complexity index is 587. The molecular weight excluding hydrogens is 293 g/mol. The molecule has 0 aromatic heterocycles. The van der Waals surface area contributed by atoms with Crippen LogP contribution in [0.25, 0.3) is 0 Å². The van der Waals surface area contributed by atoms with Gasteiger partial charge in [-0.15, -0.1) is 0 Å². The Hall–Kier alpha value is -1.82. The second kappa shape index (κ2) is 5.43. The van der Waals surface area contributed by atoms with Crippen molar-refractivity contribution >= 4 is 5.91 Å². The molecule has 2 fully saturated rings. The molecule has 1 heterocycles. The van der Waals surface area contributed by atoms with Gasteiger partial charge in [-0.3, -0.25) is 4.79 Å². The molecule has 1 aliphatic carbocycles. The first-order valence-electron chi connectivity index (χ1n) is 7.21. The lowest BCUT2D eigenvalue weighted by atomic mass is 10.1. The van der Waals surface area contributed by atoms with Crippen LogP contribution in [-0.4, -0.2) is 29.9 Å². The molecule has 2 aliphatic rings. The third-order valence-corrected chi connectivity index (χ3v) is 4.48. The first-order valence-corrected chi connectivity index (χ1v) is 7.21. The van der Waals surface area contributed by atoms with Crippen molar-refractivity contribution in [3.8, 4) is 0 Å². The lowest BCUT2D eigenvalue weighted by molar-refractivity contribution is -0.137. The Morgan fingerprint density at radius 1 is 1.36 bits per heavy atom. The average Bonchev–Trinajstić information content (AvgIpc) is 2.93. The molecule has 1 saturated heterocycles. The number of carbonyl (C=O) groups excluding carboxylic acids is 1. The lowest BCUT2D eigenvalue weighted by Crippen LogP contribution is -2.34. The largest absolute Gasteiger partial charge is 0.416 e. The van der Waals surface area contributed by atoms with Crippen molar-refractivity contribution in [3.63, 3.8) is 0 Å². The predicted octanol–water partition coefficient (Wildman–Crippen LogP) is 2.44. The van der Waals surface area contributed by atoms with Crippen LogP contribution >= 0.6 is 0 Å². The number of fused-ring (bicyclic) bond motifs is 1. The summed E-state index contributed by atoms with van der Waals surface area (Å²) in [6, 6.07) is 5.67. The van der Waals surface area contributed by atoms with Crippen molar-refractivity contribution in [3.05, 3.63) is 48.0 Å². The van der Waals surface area contributed by atoms with Gasteiger partial charge in [-0.05, 0) is 29.5 Å². The van der Waals surface area contributed by atoms with Crippen molar-refractivity contribution < 1.29 is 18.0 Å². The fourth-order valence-corrected chi connectivity index (χ4v) is 3.23. The molecule has 2 unspecified atom stereocenters. The Labute approximate surface area is 126 Å². The van der Waals surface area contributed by atoms with Gasteiger partial charge in [-0.1, -0.05) is 24.8 Å². The smallest absolute Gasteiger partial charge is 0.338 e. The highest BCUT2D eigenvalue weighted by Gasteiger charge is 2.56. The summed E-state index contributed by atoms with van der Waals surface area (Å²) in [4.78, 5) is 13.2. The van der Waals surface area contributed by atoms with Gasteiger partial charge in [0.15, 0.2) is 0 Å². The molecule has 3 rings (SSSR count). The van der Waals surface area contributed by atoms with Crippen LogP contribution in [0, 0.1) is 11.8 Å². The SMILES string of the molecule is C=CC(=O)N1CC2C(NCc3cccc(C(F)(F)F)c3)[C@@H]2C1. The first kappa shape index (κ1) is 15.1.